The minimum Gasteiger partial charge on any atom is 0 e. The van der Waals surface area contributed by atoms with Gasteiger partial charge in [-0.2, -0.15) is 0 Å². The topological polar surface area (TPSA) is 0 Å². The molecule has 0 aromatic carbocycles. The van der Waals surface area contributed by atoms with Gasteiger partial charge in [-0.1, -0.05) is 0 Å². The Hall–Kier alpha value is 58.4. The van der Waals surface area contributed by atoms with E-state index in [-0.39, 0.29) is 1860 Å². The van der Waals surface area contributed by atoms with E-state index in [9.17, 15) is 0 Å². The van der Waals surface area contributed by atoms with Crippen molar-refractivity contribution < 1.29 is 1860 Å². The summed E-state index contributed by atoms with van der Waals surface area (Å²) in [4.78, 5) is 0. The van der Waals surface area contributed by atoms with Crippen LogP contribution in [-0.2, 0) is 1860 Å². The fourth-order valence-corrected chi connectivity index (χ4v) is 0. The van der Waals surface area contributed by atoms with Crippen LogP contribution in [0, 0.1) is 0 Å². The van der Waals surface area contributed by atoms with Crippen molar-refractivity contribution in [1.82, 2.24) is 0 Å². The second-order valence-electron chi connectivity index (χ2n) is 0. The van der Waals surface area contributed by atoms with Crippen LogP contribution in [0.1, 0.15) is 0 Å². The van der Waals surface area contributed by atoms with E-state index in [1.807, 2.05) is 0 Å². The fourth-order valence-electron chi connectivity index (χ4n) is 0. The maximum Gasteiger partial charge on any atom is 0 e. The van der Waals surface area contributed by atoms with E-state index < -0.39 is 0 Å². The largest absolute Gasteiger partial charge is 0 e. The molecule has 0 saturated carbocycles. The Kier molecular flexibility index (Phi) is 13000. The second-order valence-corrected chi connectivity index (χ2v) is 0. The maximum absolute atomic E-state index is 0. The summed E-state index contributed by atoms with van der Waals surface area (Å²) in [6, 6.07) is 0. The molecule has 0 atom stereocenters. The number of hydrogen-bond donors (Lipinski definition) is 0. The van der Waals surface area contributed by atoms with Gasteiger partial charge in [-0.25, -0.2) is 0 Å². The third-order valence-electron chi connectivity index (χ3n) is 0. The van der Waals surface area contributed by atoms with Crippen LogP contribution < -0.4 is 0 Å². The molecular formula is V100. The van der Waals surface area contributed by atoms with Gasteiger partial charge >= 0.3 is 0 Å². The minimum absolute atomic E-state index is 0. The van der Waals surface area contributed by atoms with Crippen LogP contribution in [0.5, 0.6) is 0 Å². The third-order valence-corrected chi connectivity index (χ3v) is 0. The predicted octanol–water partition coefficient (Wildman–Crippen LogP) is -0.250. The normalized spacial score (nSPS) is 0. The van der Waals surface area contributed by atoms with Gasteiger partial charge in [0.05, 0.1) is 0 Å². The Bertz CT molecular complexity index is 0. The van der Waals surface area contributed by atoms with E-state index in [1.165, 1.54) is 0 Å². The van der Waals surface area contributed by atoms with E-state index >= 15 is 0 Å². The van der Waals surface area contributed by atoms with Gasteiger partial charge in [-0.3, -0.25) is 0 Å². The maximum atomic E-state index is 0. The summed E-state index contributed by atoms with van der Waals surface area (Å²) < 4.78 is 0. The van der Waals surface area contributed by atoms with Crippen molar-refractivity contribution in [3.8, 4) is 0 Å². The minimum atomic E-state index is 0. The van der Waals surface area contributed by atoms with Crippen molar-refractivity contribution in [3.05, 3.63) is 0 Å². The Morgan fingerprint density at radius 3 is 0.0100 bits per heavy atom. The number of hydrogen-bond acceptors (Lipinski definition) is 0. The van der Waals surface area contributed by atoms with Gasteiger partial charge < -0.3 is 0 Å². The first-order valence-corrected chi connectivity index (χ1v) is 0. The molecule has 0 spiro atoms. The molecule has 0 aromatic rings. The van der Waals surface area contributed by atoms with Crippen LogP contribution >= 0.6 is 0 Å². The summed E-state index contributed by atoms with van der Waals surface area (Å²) in [5, 5.41) is 0. The van der Waals surface area contributed by atoms with Gasteiger partial charge in [0.1, 0.15) is 0 Å². The average molecular weight is 5090 g/mol. The molecule has 0 aliphatic heterocycles. The van der Waals surface area contributed by atoms with Gasteiger partial charge in [0.25, 0.3) is 0 Å². The van der Waals surface area contributed by atoms with Gasteiger partial charge in [0, 0.05) is 1860 Å². The molecule has 100 heteroatoms. The van der Waals surface area contributed by atoms with E-state index in [1.54, 1.807) is 0 Å². The quantitative estimate of drug-likeness (QED) is 0.315. The molecule has 500 valence electrons. The molecule has 0 amide bonds. The first kappa shape index (κ1) is 1150. The molecule has 0 bridgehead atoms. The van der Waals surface area contributed by atoms with Gasteiger partial charge in [0.15, 0.2) is 0 Å². The molecule has 0 aliphatic rings. The van der Waals surface area contributed by atoms with Crippen molar-refractivity contribution in [2.24, 2.45) is 0 Å². The van der Waals surface area contributed by atoms with E-state index in [4.69, 9.17) is 0 Å². The standard InChI is InChI=1S/100V. The van der Waals surface area contributed by atoms with Crippen LogP contribution in [0.4, 0.5) is 0 Å². The van der Waals surface area contributed by atoms with Gasteiger partial charge in [0.2, 0.25) is 0 Å². The van der Waals surface area contributed by atoms with Gasteiger partial charge in [-0.05, 0) is 0 Å². The van der Waals surface area contributed by atoms with E-state index in [2.05, 4.69) is 0 Å². The van der Waals surface area contributed by atoms with Crippen LogP contribution in [-0.4, -0.2) is 0 Å². The zero-order valence-corrected chi connectivity index (χ0v) is 184. The molecule has 0 saturated heterocycles. The van der Waals surface area contributed by atoms with Crippen molar-refractivity contribution >= 4 is 0 Å². The summed E-state index contributed by atoms with van der Waals surface area (Å²) >= 11 is 0. The Balaban J connectivity index is 0. The first-order valence-electron chi connectivity index (χ1n) is 0. The molecule has 0 rings (SSSR count). The molecular weight excluding hydrogens is 5090 g/mol. The van der Waals surface area contributed by atoms with Crippen LogP contribution in [0.25, 0.3) is 0 Å². The fraction of sp³-hybridized carbons (Fsp3) is 0. The third kappa shape index (κ3) is 1110. The zero-order valence-electron chi connectivity index (χ0n) is 44.7. The summed E-state index contributed by atoms with van der Waals surface area (Å²) in [5.74, 6) is 0. The molecule has 0 N–H and O–H groups in total. The summed E-state index contributed by atoms with van der Waals surface area (Å²) in [5.41, 5.74) is 0. The molecule has 100 radical (unpaired) electrons. The number of rotatable bonds is 0. The summed E-state index contributed by atoms with van der Waals surface area (Å²) in [6.45, 7) is 0. The average Bonchev–Trinajstić information content (AvgIpc) is 0. The molecule has 0 nitrogen and oxygen atoms in total. The van der Waals surface area contributed by atoms with Crippen molar-refractivity contribution in [1.29, 1.82) is 0 Å². The molecule has 100 heavy (non-hydrogen) atoms. The van der Waals surface area contributed by atoms with E-state index in [0.29, 0.717) is 0 Å². The molecule has 0 unspecified atom stereocenters. The van der Waals surface area contributed by atoms with Crippen molar-refractivity contribution in [3.63, 3.8) is 0 Å². The van der Waals surface area contributed by atoms with Gasteiger partial charge in [-0.15, -0.1) is 0 Å². The summed E-state index contributed by atoms with van der Waals surface area (Å²) in [7, 11) is 0. The Morgan fingerprint density at radius 1 is 0.0100 bits per heavy atom. The molecule has 0 fully saturated rings. The molecule has 0 aromatic heterocycles. The Labute approximate surface area is 1800 Å². The van der Waals surface area contributed by atoms with Crippen molar-refractivity contribution in [2.45, 2.75) is 0 Å². The Morgan fingerprint density at radius 2 is 0.0100 bits per heavy atom. The smallest absolute Gasteiger partial charge is 0 e. The van der Waals surface area contributed by atoms with Crippen LogP contribution in [0.2, 0.25) is 0 Å². The SMILES string of the molecule is [V].[V].[V].[V].[V].[V].[V].[V].[V].[V].[V].[V].[V].[V].[V].[V].[V].[V].[V].[V].[V].[V].[V].[V].[V].[V].[V].[V].[V].[V].[V].[V].[V].[V].[V].[V].[V].[V].[V].[V].[V].[V].[V].[V].[V].[V].[V].[V].[V].[V].[V].[V].[V].[V].[V].[V].[V].[V].[V].[V].[V].[V].[V].[V].[V].[V].[V].[V].[V].[V].[V].[V].[V].[V].[V].[V].[V].[V].[V].[V].[V].[V].[V].[V].[V].[V].[V].[V].[V].[V].[V].[V].[V].[V].[V].[V].[V].[V].[V].[V]. The monoisotopic (exact) mass is 5090 g/mol. The molecule has 0 aliphatic carbocycles. The predicted molar refractivity (Wildman–Crippen MR) is 0 cm³/mol. The van der Waals surface area contributed by atoms with E-state index in [0.717, 1.165) is 0 Å². The van der Waals surface area contributed by atoms with Crippen LogP contribution in [0.15, 0.2) is 0 Å². The van der Waals surface area contributed by atoms with Crippen molar-refractivity contribution in [2.75, 3.05) is 0 Å². The summed E-state index contributed by atoms with van der Waals surface area (Å²) in [6.07, 6.45) is 0. The first-order chi connectivity index (χ1) is 0. The zero-order chi connectivity index (χ0) is 0. The van der Waals surface area contributed by atoms with Crippen LogP contribution in [0.3, 0.4) is 0 Å². The molecule has 0 heterocycles. The second kappa shape index (κ2) is 1130.